The molecule has 80 valence electrons. The largest absolute Gasteiger partial charge is 0.381 e. The number of anilines is 1. The zero-order chi connectivity index (χ0) is 10.3. The van der Waals surface area contributed by atoms with E-state index in [9.17, 15) is 0 Å². The predicted octanol–water partition coefficient (Wildman–Crippen LogP) is 1.43. The number of hydrogen-bond donors (Lipinski definition) is 1. The third-order valence-corrected chi connectivity index (χ3v) is 3.44. The molecule has 0 aromatic carbocycles. The van der Waals surface area contributed by atoms with Gasteiger partial charge in [-0.2, -0.15) is 0 Å². The van der Waals surface area contributed by atoms with Gasteiger partial charge in [0.2, 0.25) is 0 Å². The van der Waals surface area contributed by atoms with Crippen LogP contribution in [-0.4, -0.2) is 29.7 Å². The molecule has 1 aliphatic carbocycles. The number of fused-ring (bicyclic) bond motifs is 1. The van der Waals surface area contributed by atoms with E-state index in [0.29, 0.717) is 5.15 Å². The SMILES string of the molecule is Clc1cncc(NCC2C3COCC23)n1. The molecule has 2 unspecified atom stereocenters. The first-order valence-corrected chi connectivity index (χ1v) is 5.51. The number of aromatic nitrogens is 2. The molecule has 5 heteroatoms. The Bertz CT molecular complexity index is 363. The molecule has 1 aliphatic heterocycles. The molecule has 1 saturated heterocycles. The molecule has 4 nitrogen and oxygen atoms in total. The zero-order valence-corrected chi connectivity index (χ0v) is 8.94. The van der Waals surface area contributed by atoms with Crippen molar-refractivity contribution in [3.8, 4) is 0 Å². The van der Waals surface area contributed by atoms with Crippen LogP contribution in [-0.2, 0) is 4.74 Å². The molecule has 0 radical (unpaired) electrons. The van der Waals surface area contributed by atoms with Crippen LogP contribution in [0.1, 0.15) is 0 Å². The minimum absolute atomic E-state index is 0.430. The van der Waals surface area contributed by atoms with Crippen LogP contribution >= 0.6 is 11.6 Å². The van der Waals surface area contributed by atoms with Gasteiger partial charge in [0, 0.05) is 6.54 Å². The average Bonchev–Trinajstić information content (AvgIpc) is 2.69. The summed E-state index contributed by atoms with van der Waals surface area (Å²) < 4.78 is 5.33. The Labute approximate surface area is 93.0 Å². The van der Waals surface area contributed by atoms with Crippen molar-refractivity contribution in [2.24, 2.45) is 17.8 Å². The first-order valence-electron chi connectivity index (χ1n) is 5.14. The molecule has 2 fully saturated rings. The van der Waals surface area contributed by atoms with Crippen molar-refractivity contribution in [2.45, 2.75) is 0 Å². The van der Waals surface area contributed by atoms with Crippen molar-refractivity contribution in [3.63, 3.8) is 0 Å². The van der Waals surface area contributed by atoms with Gasteiger partial charge in [0.25, 0.3) is 0 Å². The average molecular weight is 226 g/mol. The van der Waals surface area contributed by atoms with Gasteiger partial charge in [-0.1, -0.05) is 11.6 Å². The fourth-order valence-electron chi connectivity index (χ4n) is 2.31. The van der Waals surface area contributed by atoms with Crippen LogP contribution in [0.15, 0.2) is 12.4 Å². The molecule has 1 aromatic heterocycles. The maximum Gasteiger partial charge on any atom is 0.149 e. The van der Waals surface area contributed by atoms with Crippen LogP contribution in [0.3, 0.4) is 0 Å². The number of ether oxygens (including phenoxy) is 1. The highest BCUT2D eigenvalue weighted by atomic mass is 35.5. The van der Waals surface area contributed by atoms with Crippen molar-refractivity contribution in [1.29, 1.82) is 0 Å². The van der Waals surface area contributed by atoms with Crippen molar-refractivity contribution in [1.82, 2.24) is 9.97 Å². The van der Waals surface area contributed by atoms with Gasteiger partial charge in [-0.05, 0) is 17.8 Å². The Kier molecular flexibility index (Phi) is 2.25. The fraction of sp³-hybridized carbons (Fsp3) is 0.600. The van der Waals surface area contributed by atoms with Crippen LogP contribution in [0, 0.1) is 17.8 Å². The maximum atomic E-state index is 5.74. The number of halogens is 1. The minimum Gasteiger partial charge on any atom is -0.381 e. The molecule has 2 aliphatic rings. The summed E-state index contributed by atoms with van der Waals surface area (Å²) in [6.07, 6.45) is 3.23. The van der Waals surface area contributed by atoms with E-state index in [2.05, 4.69) is 15.3 Å². The number of rotatable bonds is 3. The lowest BCUT2D eigenvalue weighted by Gasteiger charge is -2.06. The molecule has 2 atom stereocenters. The fourth-order valence-corrected chi connectivity index (χ4v) is 2.46. The second-order valence-electron chi connectivity index (χ2n) is 4.14. The van der Waals surface area contributed by atoms with Crippen molar-refractivity contribution < 1.29 is 4.74 Å². The molecule has 2 heterocycles. The van der Waals surface area contributed by atoms with Gasteiger partial charge in [0.05, 0.1) is 25.6 Å². The predicted molar refractivity (Wildman–Crippen MR) is 56.8 cm³/mol. The third kappa shape index (κ3) is 1.79. The van der Waals surface area contributed by atoms with Gasteiger partial charge in [-0.25, -0.2) is 4.98 Å². The highest BCUT2D eigenvalue weighted by molar-refractivity contribution is 6.29. The number of nitrogens with one attached hydrogen (secondary N) is 1. The summed E-state index contributed by atoms with van der Waals surface area (Å²) in [4.78, 5) is 8.10. The van der Waals surface area contributed by atoms with Gasteiger partial charge >= 0.3 is 0 Å². The Balaban J connectivity index is 1.54. The summed E-state index contributed by atoms with van der Waals surface area (Å²) in [5, 5.41) is 3.69. The molecule has 0 bridgehead atoms. The summed E-state index contributed by atoms with van der Waals surface area (Å²) in [7, 11) is 0. The van der Waals surface area contributed by atoms with E-state index in [1.807, 2.05) is 0 Å². The first kappa shape index (κ1) is 9.36. The second kappa shape index (κ2) is 3.61. The van der Waals surface area contributed by atoms with Crippen molar-refractivity contribution >= 4 is 17.4 Å². The van der Waals surface area contributed by atoms with Crippen LogP contribution < -0.4 is 5.32 Å². The van der Waals surface area contributed by atoms with Crippen LogP contribution in [0.2, 0.25) is 5.15 Å². The Hall–Kier alpha value is -0.870. The summed E-state index contributed by atoms with van der Waals surface area (Å²) in [5.41, 5.74) is 0. The Morgan fingerprint density at radius 3 is 2.93 bits per heavy atom. The lowest BCUT2D eigenvalue weighted by molar-refractivity contribution is 0.153. The summed E-state index contributed by atoms with van der Waals surface area (Å²) in [5.74, 6) is 3.04. The standard InChI is InChI=1S/C10H12ClN3O/c11-9-2-12-3-10(14-9)13-1-6-7-4-15-5-8(6)7/h2-3,6-8H,1,4-5H2,(H,13,14). The smallest absolute Gasteiger partial charge is 0.149 e. The highest BCUT2D eigenvalue weighted by Crippen LogP contribution is 2.50. The van der Waals surface area contributed by atoms with Gasteiger partial charge in [-0.3, -0.25) is 4.98 Å². The van der Waals surface area contributed by atoms with E-state index >= 15 is 0 Å². The minimum atomic E-state index is 0.430. The van der Waals surface area contributed by atoms with E-state index in [4.69, 9.17) is 16.3 Å². The van der Waals surface area contributed by atoms with Crippen molar-refractivity contribution in [2.75, 3.05) is 25.1 Å². The molecule has 1 N–H and O–H groups in total. The maximum absolute atomic E-state index is 5.74. The molecular weight excluding hydrogens is 214 g/mol. The lowest BCUT2D eigenvalue weighted by Crippen LogP contribution is -2.11. The molecular formula is C10H12ClN3O. The Morgan fingerprint density at radius 2 is 2.20 bits per heavy atom. The summed E-state index contributed by atoms with van der Waals surface area (Å²) in [6, 6.07) is 0. The van der Waals surface area contributed by atoms with Crippen molar-refractivity contribution in [3.05, 3.63) is 17.5 Å². The number of hydrogen-bond acceptors (Lipinski definition) is 4. The normalized spacial score (nSPS) is 32.5. The second-order valence-corrected chi connectivity index (χ2v) is 4.52. The van der Waals surface area contributed by atoms with Gasteiger partial charge in [-0.15, -0.1) is 0 Å². The number of nitrogens with zero attached hydrogens (tertiary/aromatic N) is 2. The monoisotopic (exact) mass is 225 g/mol. The van der Waals surface area contributed by atoms with Crippen LogP contribution in [0.25, 0.3) is 0 Å². The lowest BCUT2D eigenvalue weighted by atomic mass is 10.3. The molecule has 1 saturated carbocycles. The molecule has 0 amide bonds. The van der Waals surface area contributed by atoms with E-state index in [0.717, 1.165) is 43.3 Å². The van der Waals surface area contributed by atoms with Crippen LogP contribution in [0.5, 0.6) is 0 Å². The quantitative estimate of drug-likeness (QED) is 0.846. The third-order valence-electron chi connectivity index (χ3n) is 3.25. The Morgan fingerprint density at radius 1 is 1.40 bits per heavy atom. The summed E-state index contributed by atoms with van der Waals surface area (Å²) in [6.45, 7) is 2.81. The molecule has 1 aromatic rings. The summed E-state index contributed by atoms with van der Waals surface area (Å²) >= 11 is 5.74. The molecule has 3 rings (SSSR count). The van der Waals surface area contributed by atoms with E-state index < -0.39 is 0 Å². The molecule has 0 spiro atoms. The zero-order valence-electron chi connectivity index (χ0n) is 8.19. The van der Waals surface area contributed by atoms with E-state index in [-0.39, 0.29) is 0 Å². The van der Waals surface area contributed by atoms with Gasteiger partial charge < -0.3 is 10.1 Å². The topological polar surface area (TPSA) is 47.0 Å². The van der Waals surface area contributed by atoms with Gasteiger partial charge in [0.1, 0.15) is 11.0 Å². The first-order chi connectivity index (χ1) is 7.34. The van der Waals surface area contributed by atoms with Crippen LogP contribution in [0.4, 0.5) is 5.82 Å². The highest BCUT2D eigenvalue weighted by Gasteiger charge is 2.53. The van der Waals surface area contributed by atoms with E-state index in [1.165, 1.54) is 6.20 Å². The molecule has 15 heavy (non-hydrogen) atoms. The van der Waals surface area contributed by atoms with Gasteiger partial charge in [0.15, 0.2) is 0 Å². The van der Waals surface area contributed by atoms with E-state index in [1.54, 1.807) is 6.20 Å².